The molecule has 73 heavy (non-hydrogen) atoms. The number of hydrazine groups is 1. The third kappa shape index (κ3) is 11.2. The summed E-state index contributed by atoms with van der Waals surface area (Å²) in [5.41, 5.74) is 0.764. The molecule has 0 unspecified atom stereocenters. The van der Waals surface area contributed by atoms with E-state index in [1.165, 1.54) is 30.3 Å². The summed E-state index contributed by atoms with van der Waals surface area (Å²) in [5, 5.41) is 5.56. The van der Waals surface area contributed by atoms with E-state index in [1.807, 2.05) is 0 Å². The number of hydrogen-bond acceptors (Lipinski definition) is 12. The van der Waals surface area contributed by atoms with Gasteiger partial charge in [-0.25, -0.2) is 23.9 Å². The second-order valence-corrected chi connectivity index (χ2v) is 17.3. The number of alkyl halides is 3. The van der Waals surface area contributed by atoms with Crippen molar-refractivity contribution in [2.45, 2.75) is 6.18 Å². The normalized spacial score (nSPS) is 13.9. The average Bonchev–Trinajstić information content (AvgIpc) is 3.40. The van der Waals surface area contributed by atoms with Crippen LogP contribution in [0.5, 0.6) is 23.0 Å². The number of rotatable bonds is 10. The van der Waals surface area contributed by atoms with Crippen LogP contribution in [0.25, 0.3) is 22.1 Å². The van der Waals surface area contributed by atoms with Gasteiger partial charge in [0, 0.05) is 55.8 Å². The number of aromatic nitrogens is 4. The lowest BCUT2D eigenvalue weighted by Gasteiger charge is -2.35. The van der Waals surface area contributed by atoms with Crippen molar-refractivity contribution in [3.8, 4) is 23.0 Å². The Balaban J connectivity index is 0.908. The van der Waals surface area contributed by atoms with Crippen molar-refractivity contribution in [2.24, 2.45) is 0 Å². The molecule has 16 nitrogen and oxygen atoms in total. The van der Waals surface area contributed by atoms with Crippen LogP contribution in [0, 0.1) is 5.82 Å². The van der Waals surface area contributed by atoms with Crippen LogP contribution in [0.3, 0.4) is 0 Å². The zero-order valence-electron chi connectivity index (χ0n) is 38.2. The molecule has 4 heterocycles. The molecule has 22 heteroatoms. The van der Waals surface area contributed by atoms with Gasteiger partial charge in [-0.3, -0.25) is 9.97 Å². The molecule has 0 radical (unpaired) electrons. The molecule has 2 aliphatic rings. The molecule has 2 aromatic heterocycles. The molecule has 2 saturated heterocycles. The zero-order valence-corrected chi connectivity index (χ0v) is 39.7. The van der Waals surface area contributed by atoms with Crippen LogP contribution >= 0.6 is 23.2 Å². The molecule has 0 saturated carbocycles. The van der Waals surface area contributed by atoms with E-state index < -0.39 is 40.3 Å². The molecule has 2 N–H and O–H groups in total. The minimum absolute atomic E-state index is 0.140. The maximum Gasteiger partial charge on any atom is 0.417 e. The predicted octanol–water partition coefficient (Wildman–Crippen LogP) is 12.0. The van der Waals surface area contributed by atoms with Crippen LogP contribution in [0.1, 0.15) is 5.56 Å². The van der Waals surface area contributed by atoms with E-state index in [1.54, 1.807) is 73.1 Å². The molecule has 2 aliphatic heterocycles. The first-order chi connectivity index (χ1) is 35.3. The first kappa shape index (κ1) is 48.6. The van der Waals surface area contributed by atoms with E-state index in [0.717, 1.165) is 24.3 Å². The fraction of sp³-hybridized carbons (Fsp3) is 0.176. The van der Waals surface area contributed by atoms with E-state index in [9.17, 15) is 22.8 Å². The van der Waals surface area contributed by atoms with Crippen LogP contribution < -0.4 is 39.9 Å². The van der Waals surface area contributed by atoms with E-state index in [0.29, 0.717) is 125 Å². The van der Waals surface area contributed by atoms with Gasteiger partial charge in [0.15, 0.2) is 0 Å². The topological polar surface area (TPSA) is 160 Å². The highest BCUT2D eigenvalue weighted by Gasteiger charge is 2.37. The highest BCUT2D eigenvalue weighted by Crippen LogP contribution is 2.39. The Bertz CT molecular complexity index is 3330. The van der Waals surface area contributed by atoms with E-state index in [4.69, 9.17) is 52.1 Å². The standard InChI is InChI=1S/C51H40Cl2F4N10O6/c52-40-13-5-33(25-39(40)51(55,56)57)66(49(68)60-31-1-7-35(8-2-31)72-37-11-15-43-45(27-37)62-47(29-58-43)64-17-21-70-22-18-64)67(34-6-14-41(53)42(54)26-34)50(69)61-32-3-9-36(10-4-32)73-38-12-16-44-46(28-38)63-48(30-59-44)65-19-23-71-24-20-65/h1-16,25-30H,17-24H2,(H,60,68)(H,61,69). The highest BCUT2D eigenvalue weighted by atomic mass is 35.5. The van der Waals surface area contributed by atoms with Crippen molar-refractivity contribution in [2.75, 3.05) is 83.1 Å². The monoisotopic (exact) mass is 1030 g/mol. The summed E-state index contributed by atoms with van der Waals surface area (Å²) in [4.78, 5) is 51.9. The Morgan fingerprint density at radius 1 is 0.548 bits per heavy atom. The fourth-order valence-electron chi connectivity index (χ4n) is 7.94. The molecule has 8 aromatic rings. The number of ether oxygens (including phenoxy) is 4. The quantitative estimate of drug-likeness (QED) is 0.0987. The summed E-state index contributed by atoms with van der Waals surface area (Å²) >= 11 is 12.1. The van der Waals surface area contributed by atoms with Gasteiger partial charge < -0.3 is 39.4 Å². The van der Waals surface area contributed by atoms with Gasteiger partial charge in [-0.1, -0.05) is 23.2 Å². The predicted molar refractivity (Wildman–Crippen MR) is 269 cm³/mol. The van der Waals surface area contributed by atoms with Crippen LogP contribution in [-0.4, -0.2) is 84.6 Å². The number of nitrogens with zero attached hydrogens (tertiary/aromatic N) is 8. The van der Waals surface area contributed by atoms with Crippen molar-refractivity contribution < 1.29 is 46.1 Å². The Hall–Kier alpha value is -8.04. The second kappa shape index (κ2) is 21.0. The largest absolute Gasteiger partial charge is 0.457 e. The van der Waals surface area contributed by atoms with Gasteiger partial charge in [0.1, 0.15) is 40.5 Å². The van der Waals surface area contributed by atoms with Crippen molar-refractivity contribution in [1.29, 1.82) is 0 Å². The van der Waals surface area contributed by atoms with Crippen molar-refractivity contribution in [1.82, 2.24) is 19.9 Å². The van der Waals surface area contributed by atoms with Crippen molar-refractivity contribution in [3.05, 3.63) is 155 Å². The van der Waals surface area contributed by atoms with Crippen LogP contribution in [0.2, 0.25) is 10.0 Å². The number of hydrogen-bond donors (Lipinski definition) is 2. The number of urea groups is 2. The molecule has 372 valence electrons. The minimum atomic E-state index is -4.98. The van der Waals surface area contributed by atoms with Crippen molar-refractivity contribution >= 4 is 91.7 Å². The Morgan fingerprint density at radius 2 is 0.973 bits per heavy atom. The van der Waals surface area contributed by atoms with Gasteiger partial charge in [-0.2, -0.15) is 23.2 Å². The summed E-state index contributed by atoms with van der Waals surface area (Å²) in [7, 11) is 0. The third-order valence-electron chi connectivity index (χ3n) is 11.6. The van der Waals surface area contributed by atoms with Crippen molar-refractivity contribution in [3.63, 3.8) is 0 Å². The number of morpholine rings is 2. The second-order valence-electron chi connectivity index (χ2n) is 16.5. The maximum atomic E-state index is 15.3. The molecule has 0 aliphatic carbocycles. The van der Waals surface area contributed by atoms with Gasteiger partial charge in [0.2, 0.25) is 0 Å². The molecule has 0 bridgehead atoms. The SMILES string of the molecule is O=C(Nc1ccc(Oc2ccc3ncc(N4CCOCC4)nc3c2)cc1)N(c1ccc(Cl)c(F)c1)N(C(=O)Nc1ccc(Oc2ccc3ncc(N4CCOCC4)nc3c2)cc1)c1ccc(Cl)c(C(F)(F)F)c1. The molecule has 2 fully saturated rings. The summed E-state index contributed by atoms with van der Waals surface area (Å²) in [6.07, 6.45) is -1.55. The number of halogens is 6. The smallest absolute Gasteiger partial charge is 0.417 e. The maximum absolute atomic E-state index is 15.3. The van der Waals surface area contributed by atoms with Gasteiger partial charge in [0.25, 0.3) is 0 Å². The summed E-state index contributed by atoms with van der Waals surface area (Å²) in [6.45, 7) is 5.09. The highest BCUT2D eigenvalue weighted by molar-refractivity contribution is 6.31. The number of fused-ring (bicyclic) bond motifs is 2. The summed E-state index contributed by atoms with van der Waals surface area (Å²) in [6, 6.07) is 26.3. The number of carbonyl (C=O) groups excluding carboxylic acids is 2. The molecular formula is C51H40Cl2F4N10O6. The Morgan fingerprint density at radius 3 is 1.41 bits per heavy atom. The zero-order chi connectivity index (χ0) is 50.6. The van der Waals surface area contributed by atoms with Crippen LogP contribution in [0.4, 0.5) is 61.5 Å². The van der Waals surface area contributed by atoms with E-state index in [-0.39, 0.29) is 22.1 Å². The molecule has 6 aromatic carbocycles. The van der Waals surface area contributed by atoms with E-state index in [2.05, 4.69) is 30.4 Å². The van der Waals surface area contributed by atoms with Gasteiger partial charge in [0.05, 0.1) is 87.9 Å². The molecule has 0 spiro atoms. The first-order valence-electron chi connectivity index (χ1n) is 22.6. The lowest BCUT2D eigenvalue weighted by atomic mass is 10.2. The molecule has 4 amide bonds. The summed E-state index contributed by atoms with van der Waals surface area (Å²) in [5.74, 6) is 2.06. The van der Waals surface area contributed by atoms with Gasteiger partial charge >= 0.3 is 18.2 Å². The molecule has 10 rings (SSSR count). The Labute approximate surface area is 423 Å². The summed E-state index contributed by atoms with van der Waals surface area (Å²) < 4.78 is 81.6. The van der Waals surface area contributed by atoms with E-state index >= 15 is 4.39 Å². The minimum Gasteiger partial charge on any atom is -0.457 e. The molecule has 0 atom stereocenters. The molecular weight excluding hydrogens is 996 g/mol. The first-order valence-corrected chi connectivity index (χ1v) is 23.4. The number of amides is 4. The van der Waals surface area contributed by atoms with Crippen LogP contribution in [0.15, 0.2) is 134 Å². The van der Waals surface area contributed by atoms with Gasteiger partial charge in [-0.15, -0.1) is 0 Å². The Kier molecular flexibility index (Phi) is 14.0. The average molecular weight is 1040 g/mol. The third-order valence-corrected chi connectivity index (χ3v) is 12.2. The number of benzene rings is 6. The number of anilines is 6. The van der Waals surface area contributed by atoms with Gasteiger partial charge in [-0.05, 0) is 103 Å². The fourth-order valence-corrected chi connectivity index (χ4v) is 8.29. The lowest BCUT2D eigenvalue weighted by Crippen LogP contribution is -2.54. The number of nitrogens with one attached hydrogen (secondary N) is 2. The number of carbonyl (C=O) groups is 2. The lowest BCUT2D eigenvalue weighted by molar-refractivity contribution is -0.137. The van der Waals surface area contributed by atoms with Crippen LogP contribution in [-0.2, 0) is 15.7 Å².